The van der Waals surface area contributed by atoms with Gasteiger partial charge in [0, 0.05) is 17.9 Å². The van der Waals surface area contributed by atoms with E-state index in [2.05, 4.69) is 10.6 Å². The van der Waals surface area contributed by atoms with Crippen molar-refractivity contribution in [3.63, 3.8) is 0 Å². The van der Waals surface area contributed by atoms with Crippen molar-refractivity contribution in [3.05, 3.63) is 83.4 Å². The maximum Gasteiger partial charge on any atom is 0.323 e. The minimum absolute atomic E-state index is 0.258. The smallest absolute Gasteiger partial charge is 0.308 e. The first-order valence-electron chi connectivity index (χ1n) is 10.2. The maximum absolute atomic E-state index is 13.2. The highest BCUT2D eigenvalue weighted by Crippen LogP contribution is 2.34. The fourth-order valence-electron chi connectivity index (χ4n) is 3.70. The van der Waals surface area contributed by atoms with Crippen LogP contribution in [0.3, 0.4) is 0 Å². The Hall–Kier alpha value is -3.32. The Labute approximate surface area is 183 Å². The highest BCUT2D eigenvalue weighted by Gasteiger charge is 2.29. The Morgan fingerprint density at radius 1 is 0.871 bits per heavy atom. The van der Waals surface area contributed by atoms with E-state index in [9.17, 15) is 13.2 Å². The summed E-state index contributed by atoms with van der Waals surface area (Å²) >= 11 is 0. The van der Waals surface area contributed by atoms with Crippen LogP contribution in [0.4, 0.5) is 21.9 Å². The number of nitrogens with zero attached hydrogens (tertiary/aromatic N) is 1. The molecule has 0 atom stereocenters. The number of hydrogen-bond acceptors (Lipinski definition) is 3. The molecule has 1 heterocycles. The van der Waals surface area contributed by atoms with Gasteiger partial charge in [0.2, 0.25) is 0 Å². The standard InChI is InChI=1S/C24H25N3O3S/c1-17-10-12-20(15-18(17)2)25-24(28)26-21-13-11-19-7-6-14-27(23(19)16-21)31(29,30)22-8-4-3-5-9-22/h3-5,8-13,15-16H,6-7,14H2,1-2H3,(H2,25,26,28). The number of nitrogens with one attached hydrogen (secondary N) is 2. The predicted molar refractivity (Wildman–Crippen MR) is 124 cm³/mol. The summed E-state index contributed by atoms with van der Waals surface area (Å²) in [6.07, 6.45) is 1.55. The van der Waals surface area contributed by atoms with E-state index in [1.807, 2.05) is 38.1 Å². The lowest BCUT2D eigenvalue weighted by atomic mass is 10.0. The van der Waals surface area contributed by atoms with E-state index in [0.717, 1.165) is 29.5 Å². The summed E-state index contributed by atoms with van der Waals surface area (Å²) < 4.78 is 27.9. The first-order chi connectivity index (χ1) is 14.8. The van der Waals surface area contributed by atoms with Crippen molar-refractivity contribution < 1.29 is 13.2 Å². The molecule has 2 amide bonds. The summed E-state index contributed by atoms with van der Waals surface area (Å²) in [5, 5.41) is 5.64. The van der Waals surface area contributed by atoms with E-state index in [4.69, 9.17) is 0 Å². The van der Waals surface area contributed by atoms with Crippen LogP contribution in [0.25, 0.3) is 0 Å². The van der Waals surface area contributed by atoms with Gasteiger partial charge in [-0.05, 0) is 79.8 Å². The third kappa shape index (κ3) is 4.41. The average Bonchev–Trinajstić information content (AvgIpc) is 2.76. The lowest BCUT2D eigenvalue weighted by molar-refractivity contribution is 0.262. The molecule has 1 aliphatic rings. The highest BCUT2D eigenvalue weighted by atomic mass is 32.2. The normalized spacial score (nSPS) is 13.4. The summed E-state index contributed by atoms with van der Waals surface area (Å²) in [7, 11) is -3.67. The molecule has 2 N–H and O–H groups in total. The van der Waals surface area contributed by atoms with Crippen LogP contribution in [-0.2, 0) is 16.4 Å². The third-order valence-electron chi connectivity index (χ3n) is 5.52. The minimum atomic E-state index is -3.67. The van der Waals surface area contributed by atoms with Crippen molar-refractivity contribution in [2.45, 2.75) is 31.6 Å². The second kappa shape index (κ2) is 8.43. The van der Waals surface area contributed by atoms with Gasteiger partial charge in [0.1, 0.15) is 0 Å². The molecule has 160 valence electrons. The number of carbonyl (C=O) groups excluding carboxylic acids is 1. The molecule has 4 rings (SSSR count). The van der Waals surface area contributed by atoms with Gasteiger partial charge in [0.15, 0.2) is 0 Å². The first kappa shape index (κ1) is 20.9. The largest absolute Gasteiger partial charge is 0.323 e. The topological polar surface area (TPSA) is 78.5 Å². The van der Waals surface area contributed by atoms with Crippen molar-refractivity contribution in [1.82, 2.24) is 0 Å². The molecular formula is C24H25N3O3S. The molecule has 3 aromatic rings. The van der Waals surface area contributed by atoms with Crippen molar-refractivity contribution in [3.8, 4) is 0 Å². The summed E-state index contributed by atoms with van der Waals surface area (Å²) in [6, 6.07) is 19.2. The predicted octanol–water partition coefficient (Wildman–Crippen LogP) is 5.09. The zero-order valence-electron chi connectivity index (χ0n) is 17.6. The molecule has 0 spiro atoms. The number of hydrogen-bond donors (Lipinski definition) is 2. The molecule has 1 aliphatic heterocycles. The molecule has 0 aromatic heterocycles. The molecule has 31 heavy (non-hydrogen) atoms. The van der Waals surface area contributed by atoms with Crippen LogP contribution in [0.5, 0.6) is 0 Å². The van der Waals surface area contributed by atoms with E-state index in [-0.39, 0.29) is 10.9 Å². The molecule has 0 saturated carbocycles. The Balaban J connectivity index is 1.57. The molecule has 0 saturated heterocycles. The summed E-state index contributed by atoms with van der Waals surface area (Å²) in [5.74, 6) is 0. The molecule has 0 aliphatic carbocycles. The number of amides is 2. The van der Waals surface area contributed by atoms with Gasteiger partial charge in [0.25, 0.3) is 10.0 Å². The number of benzene rings is 3. The SMILES string of the molecule is Cc1ccc(NC(=O)Nc2ccc3c(c2)N(S(=O)(=O)c2ccccc2)CCC3)cc1C. The average molecular weight is 436 g/mol. The number of aryl methyl sites for hydroxylation is 3. The van der Waals surface area contributed by atoms with Gasteiger partial charge in [-0.3, -0.25) is 4.31 Å². The molecule has 0 fully saturated rings. The molecule has 0 bridgehead atoms. The van der Waals surface area contributed by atoms with Crippen molar-refractivity contribution >= 4 is 33.1 Å². The van der Waals surface area contributed by atoms with Crippen LogP contribution in [0.2, 0.25) is 0 Å². The summed E-state index contributed by atoms with van der Waals surface area (Å²) in [5.41, 5.74) is 5.04. The van der Waals surface area contributed by atoms with Gasteiger partial charge >= 0.3 is 6.03 Å². The zero-order chi connectivity index (χ0) is 22.0. The van der Waals surface area contributed by atoms with Gasteiger partial charge in [-0.1, -0.05) is 30.3 Å². The molecular weight excluding hydrogens is 410 g/mol. The van der Waals surface area contributed by atoms with Gasteiger partial charge in [-0.2, -0.15) is 0 Å². The van der Waals surface area contributed by atoms with Crippen LogP contribution in [0.1, 0.15) is 23.1 Å². The van der Waals surface area contributed by atoms with Gasteiger partial charge in [-0.15, -0.1) is 0 Å². The number of rotatable bonds is 4. The molecule has 6 nitrogen and oxygen atoms in total. The molecule has 7 heteroatoms. The summed E-state index contributed by atoms with van der Waals surface area (Å²) in [4.78, 5) is 12.8. The highest BCUT2D eigenvalue weighted by molar-refractivity contribution is 7.92. The van der Waals surface area contributed by atoms with Crippen molar-refractivity contribution in [1.29, 1.82) is 0 Å². The monoisotopic (exact) mass is 435 g/mol. The Morgan fingerprint density at radius 3 is 2.26 bits per heavy atom. The number of fused-ring (bicyclic) bond motifs is 1. The molecule has 0 unspecified atom stereocenters. The summed E-state index contributed by atoms with van der Waals surface area (Å²) in [6.45, 7) is 4.41. The van der Waals surface area contributed by atoms with Gasteiger partial charge in [0.05, 0.1) is 10.6 Å². The number of urea groups is 1. The second-order valence-corrected chi connectivity index (χ2v) is 9.58. The number of carbonyl (C=O) groups is 1. The fourth-order valence-corrected chi connectivity index (χ4v) is 5.25. The van der Waals surface area contributed by atoms with E-state index >= 15 is 0 Å². The second-order valence-electron chi connectivity index (χ2n) is 7.72. The van der Waals surface area contributed by atoms with Gasteiger partial charge < -0.3 is 10.6 Å². The zero-order valence-corrected chi connectivity index (χ0v) is 18.4. The fraction of sp³-hybridized carbons (Fsp3) is 0.208. The quantitative estimate of drug-likeness (QED) is 0.599. The van der Waals surface area contributed by atoms with E-state index in [0.29, 0.717) is 23.6 Å². The van der Waals surface area contributed by atoms with Crippen molar-refractivity contribution in [2.24, 2.45) is 0 Å². The maximum atomic E-state index is 13.2. The van der Waals surface area contributed by atoms with Crippen LogP contribution in [-0.4, -0.2) is 21.0 Å². The van der Waals surface area contributed by atoms with Crippen LogP contribution in [0.15, 0.2) is 71.6 Å². The number of sulfonamides is 1. The lowest BCUT2D eigenvalue weighted by Gasteiger charge is -2.31. The third-order valence-corrected chi connectivity index (χ3v) is 7.34. The first-order valence-corrected chi connectivity index (χ1v) is 11.6. The molecule has 3 aromatic carbocycles. The lowest BCUT2D eigenvalue weighted by Crippen LogP contribution is -2.35. The number of anilines is 3. The van der Waals surface area contributed by atoms with Crippen LogP contribution in [0, 0.1) is 13.8 Å². The Kier molecular flexibility index (Phi) is 5.69. The van der Waals surface area contributed by atoms with E-state index in [1.165, 1.54) is 4.31 Å². The van der Waals surface area contributed by atoms with Crippen LogP contribution < -0.4 is 14.9 Å². The Morgan fingerprint density at radius 2 is 1.55 bits per heavy atom. The van der Waals surface area contributed by atoms with Gasteiger partial charge in [-0.25, -0.2) is 13.2 Å². The Bertz CT molecular complexity index is 1220. The molecule has 0 radical (unpaired) electrons. The van der Waals surface area contributed by atoms with E-state index < -0.39 is 10.0 Å². The van der Waals surface area contributed by atoms with Crippen molar-refractivity contribution in [2.75, 3.05) is 21.5 Å². The minimum Gasteiger partial charge on any atom is -0.308 e. The van der Waals surface area contributed by atoms with E-state index in [1.54, 1.807) is 42.5 Å². The van der Waals surface area contributed by atoms with Crippen LogP contribution >= 0.6 is 0 Å².